The zero-order chi connectivity index (χ0) is 19.3. The number of anilines is 1. The molecule has 26 heavy (non-hydrogen) atoms. The van der Waals surface area contributed by atoms with E-state index in [1.807, 2.05) is 76.0 Å². The second kappa shape index (κ2) is 9.06. The molecule has 0 bridgehead atoms. The molecule has 0 radical (unpaired) electrons. The maximum absolute atomic E-state index is 12.6. The van der Waals surface area contributed by atoms with Gasteiger partial charge in [0.05, 0.1) is 16.8 Å². The van der Waals surface area contributed by atoms with Gasteiger partial charge in [0, 0.05) is 6.54 Å². The van der Waals surface area contributed by atoms with Crippen LogP contribution in [-0.4, -0.2) is 37.0 Å². The average Bonchev–Trinajstić information content (AvgIpc) is 2.57. The molecule has 4 nitrogen and oxygen atoms in total. The van der Waals surface area contributed by atoms with Gasteiger partial charge in [-0.2, -0.15) is 0 Å². The van der Waals surface area contributed by atoms with E-state index in [1.165, 1.54) is 0 Å². The van der Waals surface area contributed by atoms with Gasteiger partial charge < -0.3 is 10.1 Å². The van der Waals surface area contributed by atoms with E-state index in [1.54, 1.807) is 0 Å². The van der Waals surface area contributed by atoms with E-state index in [0.29, 0.717) is 23.9 Å². The van der Waals surface area contributed by atoms with Gasteiger partial charge >= 0.3 is 0 Å². The summed E-state index contributed by atoms with van der Waals surface area (Å²) in [6.07, 6.45) is 0. The predicted octanol–water partition coefficient (Wildman–Crippen LogP) is 4.60. The Labute approximate surface area is 161 Å². The first-order valence-corrected chi connectivity index (χ1v) is 9.13. The van der Waals surface area contributed by atoms with Gasteiger partial charge in [-0.05, 0) is 69.6 Å². The summed E-state index contributed by atoms with van der Waals surface area (Å²) in [7, 11) is 1.91. The van der Waals surface area contributed by atoms with Crippen molar-refractivity contribution in [3.05, 3.63) is 58.1 Å². The minimum Gasteiger partial charge on any atom is -0.492 e. The summed E-state index contributed by atoms with van der Waals surface area (Å²) in [5.74, 6) is 0.759. The Hall–Kier alpha value is -2.04. The molecular weight excluding hydrogens is 348 g/mol. The molecule has 1 unspecified atom stereocenters. The number of hydrogen-bond acceptors (Lipinski definition) is 3. The fourth-order valence-corrected chi connectivity index (χ4v) is 3.08. The minimum atomic E-state index is -0.298. The van der Waals surface area contributed by atoms with Gasteiger partial charge in [-0.25, -0.2) is 0 Å². The normalized spacial score (nSPS) is 12.1. The lowest BCUT2D eigenvalue weighted by molar-refractivity contribution is -0.120. The van der Waals surface area contributed by atoms with Crippen molar-refractivity contribution >= 4 is 23.2 Å². The largest absolute Gasteiger partial charge is 0.492 e. The second-order valence-corrected chi connectivity index (χ2v) is 7.16. The van der Waals surface area contributed by atoms with E-state index >= 15 is 0 Å². The fourth-order valence-electron chi connectivity index (χ4n) is 2.71. The second-order valence-electron chi connectivity index (χ2n) is 6.75. The highest BCUT2D eigenvalue weighted by atomic mass is 35.5. The highest BCUT2D eigenvalue weighted by Gasteiger charge is 2.19. The van der Waals surface area contributed by atoms with E-state index in [4.69, 9.17) is 16.3 Å². The number of ether oxygens (including phenoxy) is 1. The van der Waals surface area contributed by atoms with Crippen LogP contribution in [0.5, 0.6) is 5.75 Å². The number of amides is 1. The lowest BCUT2D eigenvalue weighted by Crippen LogP contribution is -2.41. The molecule has 0 heterocycles. The van der Waals surface area contributed by atoms with Crippen LogP contribution in [0.25, 0.3) is 0 Å². The van der Waals surface area contributed by atoms with E-state index in [2.05, 4.69) is 5.32 Å². The van der Waals surface area contributed by atoms with Crippen molar-refractivity contribution in [2.24, 2.45) is 0 Å². The third-order valence-electron chi connectivity index (χ3n) is 4.42. The summed E-state index contributed by atoms with van der Waals surface area (Å²) in [5, 5.41) is 3.51. The van der Waals surface area contributed by atoms with Crippen molar-refractivity contribution in [3.63, 3.8) is 0 Å². The smallest absolute Gasteiger partial charge is 0.241 e. The zero-order valence-electron chi connectivity index (χ0n) is 16.1. The number of hydrogen-bond donors (Lipinski definition) is 1. The Morgan fingerprint density at radius 3 is 2.58 bits per heavy atom. The number of carbonyl (C=O) groups excluding carboxylic acids is 1. The van der Waals surface area contributed by atoms with Crippen LogP contribution in [0.2, 0.25) is 5.02 Å². The number of likely N-dealkylation sites (N-methyl/N-ethyl adjacent to an activating group) is 1. The molecule has 0 spiro atoms. The van der Waals surface area contributed by atoms with Gasteiger partial charge in [-0.3, -0.25) is 9.69 Å². The standard InChI is InChI=1S/C21H27ClN2O2/c1-14-7-6-8-18(12-14)26-10-9-24(5)17(4)21(25)23-20-16(3)11-15(2)13-19(20)22/h6-8,11-13,17H,9-10H2,1-5H3,(H,23,25). The van der Waals surface area contributed by atoms with Gasteiger partial charge in [-0.1, -0.05) is 29.8 Å². The molecule has 0 saturated carbocycles. The van der Waals surface area contributed by atoms with Crippen molar-refractivity contribution in [2.75, 3.05) is 25.5 Å². The van der Waals surface area contributed by atoms with Crippen molar-refractivity contribution in [3.8, 4) is 5.75 Å². The Kier molecular flexibility index (Phi) is 7.06. The van der Waals surface area contributed by atoms with E-state index < -0.39 is 0 Å². The topological polar surface area (TPSA) is 41.6 Å². The number of benzene rings is 2. The number of nitrogens with one attached hydrogen (secondary N) is 1. The van der Waals surface area contributed by atoms with Gasteiger partial charge in [-0.15, -0.1) is 0 Å². The number of rotatable bonds is 7. The van der Waals surface area contributed by atoms with Crippen molar-refractivity contribution in [1.29, 1.82) is 0 Å². The van der Waals surface area contributed by atoms with Crippen LogP contribution in [0.15, 0.2) is 36.4 Å². The number of carbonyl (C=O) groups is 1. The highest BCUT2D eigenvalue weighted by Crippen LogP contribution is 2.27. The van der Waals surface area contributed by atoms with Crippen LogP contribution < -0.4 is 10.1 Å². The molecule has 5 heteroatoms. The van der Waals surface area contributed by atoms with Crippen molar-refractivity contribution < 1.29 is 9.53 Å². The maximum Gasteiger partial charge on any atom is 0.241 e. The third kappa shape index (κ3) is 5.48. The number of halogens is 1. The molecule has 0 fully saturated rings. The molecule has 2 aromatic rings. The summed E-state index contributed by atoms with van der Waals surface area (Å²) in [6, 6.07) is 11.5. The molecule has 0 saturated heterocycles. The molecule has 1 N–H and O–H groups in total. The van der Waals surface area contributed by atoms with Gasteiger partial charge in [0.2, 0.25) is 5.91 Å². The van der Waals surface area contributed by atoms with E-state index in [-0.39, 0.29) is 11.9 Å². The number of nitrogens with zero attached hydrogens (tertiary/aromatic N) is 1. The van der Waals surface area contributed by atoms with Gasteiger partial charge in [0.25, 0.3) is 0 Å². The Balaban J connectivity index is 1.89. The third-order valence-corrected chi connectivity index (χ3v) is 4.72. The first kappa shape index (κ1) is 20.3. The zero-order valence-corrected chi connectivity index (χ0v) is 16.9. The Morgan fingerprint density at radius 1 is 1.19 bits per heavy atom. The summed E-state index contributed by atoms with van der Waals surface area (Å²) >= 11 is 6.28. The number of aryl methyl sites for hydroxylation is 3. The summed E-state index contributed by atoms with van der Waals surface area (Å²) in [5.41, 5.74) is 3.87. The summed E-state index contributed by atoms with van der Waals surface area (Å²) in [6.45, 7) is 8.99. The van der Waals surface area contributed by atoms with Gasteiger partial charge in [0.1, 0.15) is 12.4 Å². The van der Waals surface area contributed by atoms with Gasteiger partial charge in [0.15, 0.2) is 0 Å². The molecule has 0 aliphatic heterocycles. The first-order chi connectivity index (χ1) is 12.3. The average molecular weight is 375 g/mol. The van der Waals surface area contributed by atoms with Crippen LogP contribution in [0.1, 0.15) is 23.6 Å². The summed E-state index contributed by atoms with van der Waals surface area (Å²) < 4.78 is 5.76. The molecule has 2 aromatic carbocycles. The van der Waals surface area contributed by atoms with E-state index in [0.717, 1.165) is 22.4 Å². The molecular formula is C21H27ClN2O2. The van der Waals surface area contributed by atoms with Crippen molar-refractivity contribution in [2.45, 2.75) is 33.7 Å². The quantitative estimate of drug-likeness (QED) is 0.769. The van der Waals surface area contributed by atoms with Crippen LogP contribution in [0, 0.1) is 20.8 Å². The molecule has 0 aliphatic rings. The molecule has 0 aromatic heterocycles. The highest BCUT2D eigenvalue weighted by molar-refractivity contribution is 6.34. The molecule has 1 atom stereocenters. The lowest BCUT2D eigenvalue weighted by Gasteiger charge is -2.24. The molecule has 0 aliphatic carbocycles. The minimum absolute atomic E-state index is 0.0862. The van der Waals surface area contributed by atoms with Crippen LogP contribution in [0.4, 0.5) is 5.69 Å². The molecule has 140 valence electrons. The molecule has 2 rings (SSSR count). The van der Waals surface area contributed by atoms with Crippen LogP contribution >= 0.6 is 11.6 Å². The molecule has 1 amide bonds. The Morgan fingerprint density at radius 2 is 1.92 bits per heavy atom. The monoisotopic (exact) mass is 374 g/mol. The van der Waals surface area contributed by atoms with E-state index in [9.17, 15) is 4.79 Å². The maximum atomic E-state index is 12.6. The first-order valence-electron chi connectivity index (χ1n) is 8.75. The summed E-state index contributed by atoms with van der Waals surface area (Å²) in [4.78, 5) is 14.5. The lowest BCUT2D eigenvalue weighted by atomic mass is 10.1. The van der Waals surface area contributed by atoms with Crippen LogP contribution in [0.3, 0.4) is 0 Å². The van der Waals surface area contributed by atoms with Crippen LogP contribution in [-0.2, 0) is 4.79 Å². The fraction of sp³-hybridized carbons (Fsp3) is 0.381. The Bertz CT molecular complexity index is 753. The predicted molar refractivity (Wildman–Crippen MR) is 108 cm³/mol. The van der Waals surface area contributed by atoms with Crippen molar-refractivity contribution in [1.82, 2.24) is 4.90 Å². The SMILES string of the molecule is Cc1cccc(OCCN(C)C(C)C(=O)Nc2c(C)cc(C)cc2Cl)c1.